The van der Waals surface area contributed by atoms with Crippen LogP contribution in [0.2, 0.25) is 0 Å². The van der Waals surface area contributed by atoms with Crippen molar-refractivity contribution in [3.05, 3.63) is 48.6 Å². The number of aliphatic hydroxyl groups excluding tert-OH is 1. The fourth-order valence-electron chi connectivity index (χ4n) is 10.6. The predicted molar refractivity (Wildman–Crippen MR) is 386 cm³/mol. The highest BCUT2D eigenvalue weighted by molar-refractivity contribution is 7.47. The zero-order valence-corrected chi connectivity index (χ0v) is 62.6. The number of hydrogen-bond acceptors (Lipinski definition) is 15. The molecule has 0 aliphatic carbocycles. The van der Waals surface area contributed by atoms with Gasteiger partial charge >= 0.3 is 39.5 Å². The Morgan fingerprint density at radius 3 is 0.863 bits per heavy atom. The molecule has 3 N–H and O–H groups in total. The van der Waals surface area contributed by atoms with Gasteiger partial charge < -0.3 is 33.8 Å². The van der Waals surface area contributed by atoms with Crippen LogP contribution in [0.15, 0.2) is 48.6 Å². The summed E-state index contributed by atoms with van der Waals surface area (Å²) in [6.45, 7) is 7.12. The number of rotatable bonds is 72. The second-order valence-electron chi connectivity index (χ2n) is 26.5. The molecule has 0 aromatic rings. The molecule has 0 amide bonds. The zero-order chi connectivity index (χ0) is 69.8. The van der Waals surface area contributed by atoms with Gasteiger partial charge in [-0.2, -0.15) is 0 Å². The van der Waals surface area contributed by atoms with E-state index in [4.69, 9.17) is 37.0 Å². The fourth-order valence-corrected chi connectivity index (χ4v) is 12.2. The van der Waals surface area contributed by atoms with Gasteiger partial charge in [-0.05, 0) is 83.0 Å². The summed E-state index contributed by atoms with van der Waals surface area (Å²) in [5.74, 6) is -1.45. The quantitative estimate of drug-likeness (QED) is 0.0169. The van der Waals surface area contributed by atoms with Crippen molar-refractivity contribution in [1.82, 2.24) is 0 Å². The Kier molecular flexibility index (Phi) is 66.0. The third-order valence-corrected chi connectivity index (χ3v) is 18.4. The first-order valence-electron chi connectivity index (χ1n) is 38.3. The number of allylic oxidation sites excluding steroid dienone is 8. The largest absolute Gasteiger partial charge is 0.472 e. The van der Waals surface area contributed by atoms with Crippen LogP contribution in [-0.2, 0) is 65.4 Å². The predicted octanol–water partition coefficient (Wildman–Crippen LogP) is 21.6. The molecule has 0 saturated carbocycles. The molecule has 0 aliphatic heterocycles. The summed E-state index contributed by atoms with van der Waals surface area (Å²) in [6, 6.07) is 0. The first-order chi connectivity index (χ1) is 46.0. The molecule has 0 aromatic carbocycles. The third kappa shape index (κ3) is 69.3. The monoisotopic (exact) mass is 1390 g/mol. The summed E-state index contributed by atoms with van der Waals surface area (Å²) < 4.78 is 68.4. The molecular formula is C76H140O17P2. The molecule has 19 heteroatoms. The molecule has 556 valence electrons. The Hall–Kier alpha value is -2.98. The zero-order valence-electron chi connectivity index (χ0n) is 60.8. The highest BCUT2D eigenvalue weighted by Crippen LogP contribution is 2.45. The van der Waals surface area contributed by atoms with Crippen LogP contribution in [0.25, 0.3) is 0 Å². The molecule has 0 rings (SSSR count). The van der Waals surface area contributed by atoms with E-state index in [9.17, 15) is 43.2 Å². The number of aliphatic hydroxyl groups is 1. The second kappa shape index (κ2) is 68.2. The van der Waals surface area contributed by atoms with E-state index >= 15 is 0 Å². The van der Waals surface area contributed by atoms with Crippen molar-refractivity contribution < 1.29 is 80.2 Å². The van der Waals surface area contributed by atoms with Gasteiger partial charge in [-0.25, -0.2) is 9.13 Å². The molecule has 0 fully saturated rings. The number of unbranched alkanes of at least 4 members (excludes halogenated alkanes) is 38. The molecule has 5 atom stereocenters. The minimum Gasteiger partial charge on any atom is -0.462 e. The van der Waals surface area contributed by atoms with Crippen LogP contribution in [-0.4, -0.2) is 96.7 Å². The van der Waals surface area contributed by atoms with Gasteiger partial charge in [-0.15, -0.1) is 0 Å². The van der Waals surface area contributed by atoms with Gasteiger partial charge in [0.05, 0.1) is 26.4 Å². The maximum Gasteiger partial charge on any atom is 0.472 e. The van der Waals surface area contributed by atoms with E-state index in [0.29, 0.717) is 25.7 Å². The SMILES string of the molecule is CCCCCC/C=C\C=C/CCCCCCCC(=O)OC[C@H](COP(=O)(O)OC[C@@H](O)COP(=O)(O)OC[C@@H](COC(=O)CCCCCCCCCCC(C)C)OC(=O)CCCCCCCCCCCCCCCC)OC(=O)CCCCCCC/C=C\C=C/CCCCCC. The molecule has 0 radical (unpaired) electrons. The van der Waals surface area contributed by atoms with Crippen molar-refractivity contribution in [3.8, 4) is 0 Å². The van der Waals surface area contributed by atoms with Gasteiger partial charge in [-0.3, -0.25) is 37.3 Å². The van der Waals surface area contributed by atoms with E-state index in [0.717, 1.165) is 128 Å². The Morgan fingerprint density at radius 2 is 0.568 bits per heavy atom. The van der Waals surface area contributed by atoms with Crippen LogP contribution in [0.3, 0.4) is 0 Å². The summed E-state index contributed by atoms with van der Waals surface area (Å²) in [4.78, 5) is 72.8. The Bertz CT molecular complexity index is 2010. The molecule has 0 aromatic heterocycles. The van der Waals surface area contributed by atoms with Crippen LogP contribution in [0, 0.1) is 5.92 Å². The number of esters is 4. The molecular weight excluding hydrogens is 1250 g/mol. The summed E-state index contributed by atoms with van der Waals surface area (Å²) in [5, 5.41) is 10.6. The molecule has 0 aliphatic rings. The summed E-state index contributed by atoms with van der Waals surface area (Å²) in [5.41, 5.74) is 0. The molecule has 0 saturated heterocycles. The molecule has 17 nitrogen and oxygen atoms in total. The van der Waals surface area contributed by atoms with Crippen LogP contribution in [0.1, 0.15) is 349 Å². The molecule has 0 spiro atoms. The van der Waals surface area contributed by atoms with E-state index in [1.165, 1.54) is 141 Å². The van der Waals surface area contributed by atoms with Gasteiger partial charge in [-0.1, -0.05) is 295 Å². The normalized spacial score (nSPS) is 14.3. The number of carbonyl (C=O) groups excluding carboxylic acids is 4. The fraction of sp³-hybridized carbons (Fsp3) is 0.842. The van der Waals surface area contributed by atoms with E-state index < -0.39 is 97.5 Å². The Balaban J connectivity index is 5.33. The van der Waals surface area contributed by atoms with E-state index in [-0.39, 0.29) is 25.7 Å². The van der Waals surface area contributed by atoms with Crippen LogP contribution < -0.4 is 0 Å². The van der Waals surface area contributed by atoms with Crippen molar-refractivity contribution in [1.29, 1.82) is 0 Å². The lowest BCUT2D eigenvalue weighted by Crippen LogP contribution is -2.30. The number of hydrogen-bond donors (Lipinski definition) is 3. The van der Waals surface area contributed by atoms with Crippen molar-refractivity contribution in [3.63, 3.8) is 0 Å². The lowest BCUT2D eigenvalue weighted by atomic mass is 10.0. The third-order valence-electron chi connectivity index (χ3n) is 16.5. The van der Waals surface area contributed by atoms with Crippen molar-refractivity contribution in [2.45, 2.75) is 368 Å². The average molecular weight is 1390 g/mol. The standard InChI is InChI=1S/C76H140O17P2/c1-6-9-12-15-18-21-24-27-30-33-35-38-44-49-54-59-73(78)86-65-71(92-76(81)62-57-52-47-40-37-34-31-28-25-22-19-16-13-10-7-2)67-90-94(82,83)88-63-70(77)64-89-95(84,85)91-68-72(66-87-74(79)60-55-50-45-42-41-43-48-53-58-69(4)5)93-75(80)61-56-51-46-39-36-32-29-26-23-20-17-14-11-8-3/h21-22,24-25,27-28,30-31,69-72,77H,6-20,23,26,29,32-68H2,1-5H3,(H,82,83)(H,84,85)/b24-21-,25-22-,30-27-,31-28-/t70-,71-,72-/m1/s1. The summed E-state index contributed by atoms with van der Waals surface area (Å²) in [7, 11) is -9.93. The number of phosphoric ester groups is 2. The van der Waals surface area contributed by atoms with Crippen molar-refractivity contribution >= 4 is 39.5 Å². The van der Waals surface area contributed by atoms with Gasteiger partial charge in [0.1, 0.15) is 19.3 Å². The topological polar surface area (TPSA) is 237 Å². The van der Waals surface area contributed by atoms with E-state index in [1.54, 1.807) is 0 Å². The summed E-state index contributed by atoms with van der Waals surface area (Å²) in [6.07, 6.45) is 62.6. The minimum absolute atomic E-state index is 0.0783. The second-order valence-corrected chi connectivity index (χ2v) is 29.4. The highest BCUT2D eigenvalue weighted by atomic mass is 31.2. The maximum atomic E-state index is 13.1. The van der Waals surface area contributed by atoms with Crippen molar-refractivity contribution in [2.75, 3.05) is 39.6 Å². The van der Waals surface area contributed by atoms with Crippen LogP contribution >= 0.6 is 15.6 Å². The average Bonchev–Trinajstić information content (AvgIpc) is 2.54. The smallest absolute Gasteiger partial charge is 0.462 e. The Labute approximate surface area is 578 Å². The summed E-state index contributed by atoms with van der Waals surface area (Å²) >= 11 is 0. The van der Waals surface area contributed by atoms with Crippen molar-refractivity contribution in [2.24, 2.45) is 5.92 Å². The number of carbonyl (C=O) groups is 4. The van der Waals surface area contributed by atoms with Crippen LogP contribution in [0.4, 0.5) is 0 Å². The Morgan fingerprint density at radius 1 is 0.326 bits per heavy atom. The highest BCUT2D eigenvalue weighted by Gasteiger charge is 2.30. The lowest BCUT2D eigenvalue weighted by Gasteiger charge is -2.21. The van der Waals surface area contributed by atoms with Gasteiger partial charge in [0.25, 0.3) is 0 Å². The first kappa shape index (κ1) is 92.0. The minimum atomic E-state index is -4.97. The molecule has 0 bridgehead atoms. The first-order valence-corrected chi connectivity index (χ1v) is 41.3. The molecule has 2 unspecified atom stereocenters. The van der Waals surface area contributed by atoms with Gasteiger partial charge in [0, 0.05) is 25.7 Å². The number of phosphoric acid groups is 2. The van der Waals surface area contributed by atoms with Crippen LogP contribution in [0.5, 0.6) is 0 Å². The lowest BCUT2D eigenvalue weighted by molar-refractivity contribution is -0.161. The van der Waals surface area contributed by atoms with E-state index in [2.05, 4.69) is 83.2 Å². The van der Waals surface area contributed by atoms with Gasteiger partial charge in [0.2, 0.25) is 0 Å². The van der Waals surface area contributed by atoms with Gasteiger partial charge in [0.15, 0.2) is 12.2 Å². The molecule has 0 heterocycles. The number of ether oxygens (including phenoxy) is 4. The maximum absolute atomic E-state index is 13.1. The molecule has 95 heavy (non-hydrogen) atoms. The van der Waals surface area contributed by atoms with E-state index in [1.807, 2.05) is 0 Å².